The summed E-state index contributed by atoms with van der Waals surface area (Å²) in [5.41, 5.74) is -1.25. The number of rotatable bonds is 2. The lowest BCUT2D eigenvalue weighted by Gasteiger charge is -2.12. The molecule has 0 aliphatic rings. The number of H-pyrrole nitrogens is 1. The number of carbonyl (C=O) groups is 1. The van der Waals surface area contributed by atoms with E-state index >= 15 is 0 Å². The van der Waals surface area contributed by atoms with Crippen molar-refractivity contribution in [3.05, 3.63) is 27.5 Å². The van der Waals surface area contributed by atoms with E-state index in [-0.39, 0.29) is 5.56 Å². The number of esters is 1. The zero-order valence-electron chi connectivity index (χ0n) is 8.84. The third-order valence-corrected chi connectivity index (χ3v) is 1.81. The molecule has 0 fully saturated rings. The molecule has 0 unspecified atom stereocenters. The van der Waals surface area contributed by atoms with Gasteiger partial charge < -0.3 is 9.47 Å². The van der Waals surface area contributed by atoms with E-state index in [4.69, 9.17) is 0 Å². The van der Waals surface area contributed by atoms with Crippen molar-refractivity contribution in [2.75, 3.05) is 7.11 Å². The normalized spacial score (nSPS) is 11.1. The summed E-state index contributed by atoms with van der Waals surface area (Å²) in [5.74, 6) is -2.01. The molecule has 1 rings (SSSR count). The van der Waals surface area contributed by atoms with Gasteiger partial charge in [-0.25, -0.2) is 4.79 Å². The van der Waals surface area contributed by atoms with E-state index in [1.807, 2.05) is 0 Å². The topological polar surface area (TPSA) is 68.4 Å². The van der Waals surface area contributed by atoms with Gasteiger partial charge >= 0.3 is 12.3 Å². The number of aromatic amines is 1. The number of ether oxygens (including phenoxy) is 2. The Kier molecular flexibility index (Phi) is 3.45. The molecule has 0 aliphatic carbocycles. The Hall–Kier alpha value is -1.99. The van der Waals surface area contributed by atoms with Crippen LogP contribution in [-0.2, 0) is 4.74 Å². The van der Waals surface area contributed by atoms with Gasteiger partial charge in [0.15, 0.2) is 0 Å². The molecular weight excluding hydrogens is 243 g/mol. The number of hydrogen-bond acceptors (Lipinski definition) is 4. The lowest BCUT2D eigenvalue weighted by Crippen LogP contribution is -2.23. The van der Waals surface area contributed by atoms with Gasteiger partial charge in [-0.1, -0.05) is 0 Å². The highest BCUT2D eigenvalue weighted by atomic mass is 19.4. The van der Waals surface area contributed by atoms with Crippen LogP contribution in [0.2, 0.25) is 0 Å². The van der Waals surface area contributed by atoms with Crippen molar-refractivity contribution in [2.45, 2.75) is 13.3 Å². The number of alkyl halides is 3. The molecule has 0 radical (unpaired) electrons. The number of aryl methyl sites for hydroxylation is 1. The second-order valence-corrected chi connectivity index (χ2v) is 3.06. The van der Waals surface area contributed by atoms with Gasteiger partial charge in [-0.3, -0.25) is 9.78 Å². The van der Waals surface area contributed by atoms with Gasteiger partial charge in [0.25, 0.3) is 5.56 Å². The van der Waals surface area contributed by atoms with Crippen molar-refractivity contribution in [3.63, 3.8) is 0 Å². The van der Waals surface area contributed by atoms with Crippen molar-refractivity contribution in [3.8, 4) is 5.88 Å². The van der Waals surface area contributed by atoms with E-state index in [1.54, 1.807) is 4.98 Å². The largest absolute Gasteiger partial charge is 0.574 e. The number of hydrogen-bond donors (Lipinski definition) is 1. The molecule has 1 N–H and O–H groups in total. The number of halogens is 3. The summed E-state index contributed by atoms with van der Waals surface area (Å²) in [5, 5.41) is 0. The van der Waals surface area contributed by atoms with E-state index in [9.17, 15) is 22.8 Å². The Bertz CT molecular complexity index is 492. The molecule has 0 amide bonds. The zero-order valence-corrected chi connectivity index (χ0v) is 8.84. The number of aromatic nitrogens is 1. The second-order valence-electron chi connectivity index (χ2n) is 3.06. The molecule has 94 valence electrons. The van der Waals surface area contributed by atoms with Crippen molar-refractivity contribution in [1.82, 2.24) is 4.98 Å². The SMILES string of the molecule is COC(=O)c1c(C)cc(=O)[nH]c1OC(F)(F)F. The molecule has 0 bridgehead atoms. The molecule has 0 saturated carbocycles. The Morgan fingerprint density at radius 3 is 2.47 bits per heavy atom. The van der Waals surface area contributed by atoms with Gasteiger partial charge in [-0.05, 0) is 12.5 Å². The van der Waals surface area contributed by atoms with E-state index in [2.05, 4.69) is 9.47 Å². The van der Waals surface area contributed by atoms with Crippen LogP contribution in [0.5, 0.6) is 5.88 Å². The third kappa shape index (κ3) is 3.23. The van der Waals surface area contributed by atoms with Crippen molar-refractivity contribution in [2.24, 2.45) is 0 Å². The quantitative estimate of drug-likeness (QED) is 0.806. The molecule has 0 saturated heterocycles. The molecule has 1 aromatic rings. The van der Waals surface area contributed by atoms with Gasteiger partial charge in [0.2, 0.25) is 5.88 Å². The van der Waals surface area contributed by atoms with E-state index in [0.717, 1.165) is 13.2 Å². The summed E-state index contributed by atoms with van der Waals surface area (Å²) >= 11 is 0. The lowest BCUT2D eigenvalue weighted by molar-refractivity contribution is -0.276. The zero-order chi connectivity index (χ0) is 13.2. The van der Waals surface area contributed by atoms with Gasteiger partial charge in [0, 0.05) is 6.07 Å². The van der Waals surface area contributed by atoms with Crippen LogP contribution in [0.25, 0.3) is 0 Å². The first-order chi connectivity index (χ1) is 7.74. The predicted molar refractivity (Wildman–Crippen MR) is 49.8 cm³/mol. The van der Waals surface area contributed by atoms with Crippen LogP contribution in [0.4, 0.5) is 13.2 Å². The van der Waals surface area contributed by atoms with Crippen LogP contribution in [-0.4, -0.2) is 24.4 Å². The highest BCUT2D eigenvalue weighted by molar-refractivity contribution is 5.93. The van der Waals surface area contributed by atoms with Gasteiger partial charge in [0.1, 0.15) is 5.56 Å². The summed E-state index contributed by atoms with van der Waals surface area (Å²) in [4.78, 5) is 24.1. The van der Waals surface area contributed by atoms with Crippen LogP contribution in [0.3, 0.4) is 0 Å². The molecule has 0 atom stereocenters. The first-order valence-electron chi connectivity index (χ1n) is 4.32. The maximum Gasteiger partial charge on any atom is 0.574 e. The summed E-state index contributed by atoms with van der Waals surface area (Å²) in [6.07, 6.45) is -5.01. The average molecular weight is 251 g/mol. The van der Waals surface area contributed by atoms with Crippen LogP contribution in [0.1, 0.15) is 15.9 Å². The third-order valence-electron chi connectivity index (χ3n) is 1.81. The van der Waals surface area contributed by atoms with Crippen LogP contribution in [0.15, 0.2) is 10.9 Å². The fourth-order valence-electron chi connectivity index (χ4n) is 1.21. The Labute approximate surface area is 93.2 Å². The van der Waals surface area contributed by atoms with Crippen LogP contribution < -0.4 is 10.3 Å². The molecule has 0 aliphatic heterocycles. The molecule has 17 heavy (non-hydrogen) atoms. The number of carbonyl (C=O) groups excluding carboxylic acids is 1. The minimum Gasteiger partial charge on any atom is -0.465 e. The fourth-order valence-corrected chi connectivity index (χ4v) is 1.21. The molecule has 0 spiro atoms. The molecule has 1 aromatic heterocycles. The molecule has 1 heterocycles. The maximum absolute atomic E-state index is 12.1. The first kappa shape index (κ1) is 13.1. The van der Waals surface area contributed by atoms with Gasteiger partial charge in [0.05, 0.1) is 7.11 Å². The smallest absolute Gasteiger partial charge is 0.465 e. The average Bonchev–Trinajstić information content (AvgIpc) is 2.13. The second kappa shape index (κ2) is 4.48. The minimum absolute atomic E-state index is 0.0276. The fraction of sp³-hybridized carbons (Fsp3) is 0.333. The molecule has 0 aromatic carbocycles. The number of pyridine rings is 1. The summed E-state index contributed by atoms with van der Waals surface area (Å²) in [7, 11) is 1.00. The Morgan fingerprint density at radius 1 is 1.41 bits per heavy atom. The van der Waals surface area contributed by atoms with Crippen LogP contribution >= 0.6 is 0 Å². The monoisotopic (exact) mass is 251 g/mol. The highest BCUT2D eigenvalue weighted by Crippen LogP contribution is 2.25. The van der Waals surface area contributed by atoms with E-state index in [1.165, 1.54) is 6.92 Å². The molecule has 5 nitrogen and oxygen atoms in total. The maximum atomic E-state index is 12.1. The van der Waals surface area contributed by atoms with Crippen molar-refractivity contribution in [1.29, 1.82) is 0 Å². The summed E-state index contributed by atoms with van der Waals surface area (Å²) < 4.78 is 44.0. The van der Waals surface area contributed by atoms with Gasteiger partial charge in [-0.2, -0.15) is 0 Å². The standard InChI is InChI=1S/C9H8F3NO4/c1-4-3-5(14)13-7(17-9(10,11)12)6(4)8(15)16-2/h3H,1-2H3,(H,13,14). The summed E-state index contributed by atoms with van der Waals surface area (Å²) in [6.45, 7) is 1.30. The van der Waals surface area contributed by atoms with Crippen LogP contribution in [0, 0.1) is 6.92 Å². The number of nitrogens with one attached hydrogen (secondary N) is 1. The predicted octanol–water partition coefficient (Wildman–Crippen LogP) is 1.37. The minimum atomic E-state index is -5.01. The van der Waals surface area contributed by atoms with Crippen molar-refractivity contribution < 1.29 is 27.4 Å². The lowest BCUT2D eigenvalue weighted by atomic mass is 10.1. The molecular formula is C9H8F3NO4. The Morgan fingerprint density at radius 2 is 2.00 bits per heavy atom. The highest BCUT2D eigenvalue weighted by Gasteiger charge is 2.34. The Balaban J connectivity index is 3.35. The van der Waals surface area contributed by atoms with E-state index < -0.39 is 29.3 Å². The van der Waals surface area contributed by atoms with E-state index in [0.29, 0.717) is 0 Å². The summed E-state index contributed by atoms with van der Waals surface area (Å²) in [6, 6.07) is 0.968. The number of methoxy groups -OCH3 is 1. The molecule has 8 heteroatoms. The van der Waals surface area contributed by atoms with Gasteiger partial charge in [-0.15, -0.1) is 13.2 Å². The first-order valence-corrected chi connectivity index (χ1v) is 4.32. The van der Waals surface area contributed by atoms with Crippen molar-refractivity contribution >= 4 is 5.97 Å².